The third-order valence-corrected chi connectivity index (χ3v) is 2.74. The van der Waals surface area contributed by atoms with Crippen LogP contribution in [0, 0.1) is 6.92 Å². The van der Waals surface area contributed by atoms with E-state index in [1.54, 1.807) is 6.07 Å². The molecule has 1 aromatic heterocycles. The number of benzene rings is 1. The van der Waals surface area contributed by atoms with E-state index < -0.39 is 5.60 Å². The second-order valence-corrected chi connectivity index (χ2v) is 5.77. The zero-order valence-corrected chi connectivity index (χ0v) is 12.3. The van der Waals surface area contributed by atoms with Gasteiger partial charge in [0.05, 0.1) is 5.56 Å². The Morgan fingerprint density at radius 3 is 2.45 bits per heavy atom. The molecule has 0 amide bonds. The van der Waals surface area contributed by atoms with Crippen LogP contribution in [0.2, 0.25) is 0 Å². The molecule has 2 aromatic rings. The van der Waals surface area contributed by atoms with Crippen LogP contribution in [-0.2, 0) is 4.74 Å². The monoisotopic (exact) mass is 269 g/mol. The highest BCUT2D eigenvalue weighted by Crippen LogP contribution is 2.21. The Balaban J connectivity index is 2.28. The van der Waals surface area contributed by atoms with Gasteiger partial charge in [0.25, 0.3) is 0 Å². The molecular formula is C17H19NO2. The van der Waals surface area contributed by atoms with Crippen molar-refractivity contribution >= 4 is 5.97 Å². The van der Waals surface area contributed by atoms with Crippen LogP contribution in [0.3, 0.4) is 0 Å². The summed E-state index contributed by atoms with van der Waals surface area (Å²) in [6.45, 7) is 7.52. The summed E-state index contributed by atoms with van der Waals surface area (Å²) < 4.78 is 5.38. The zero-order valence-electron chi connectivity index (χ0n) is 12.3. The first kappa shape index (κ1) is 14.3. The molecule has 0 spiro atoms. The molecule has 2 rings (SSSR count). The van der Waals surface area contributed by atoms with Crippen LogP contribution < -0.4 is 0 Å². The molecule has 20 heavy (non-hydrogen) atoms. The number of pyridine rings is 1. The van der Waals surface area contributed by atoms with Crippen molar-refractivity contribution in [1.82, 2.24) is 4.98 Å². The molecule has 0 atom stereocenters. The molecule has 0 aliphatic heterocycles. The van der Waals surface area contributed by atoms with Crippen molar-refractivity contribution in [1.29, 1.82) is 0 Å². The minimum atomic E-state index is -0.488. The number of hydrogen-bond donors (Lipinski definition) is 0. The van der Waals surface area contributed by atoms with Crippen molar-refractivity contribution in [3.63, 3.8) is 0 Å². The normalized spacial score (nSPS) is 11.2. The first-order valence-corrected chi connectivity index (χ1v) is 6.61. The van der Waals surface area contributed by atoms with Gasteiger partial charge in [0.1, 0.15) is 5.60 Å². The number of esters is 1. The van der Waals surface area contributed by atoms with Gasteiger partial charge in [0, 0.05) is 17.5 Å². The first-order valence-electron chi connectivity index (χ1n) is 6.61. The third-order valence-electron chi connectivity index (χ3n) is 2.74. The van der Waals surface area contributed by atoms with Gasteiger partial charge in [0.2, 0.25) is 0 Å². The number of ether oxygens (including phenoxy) is 1. The smallest absolute Gasteiger partial charge is 0.338 e. The van der Waals surface area contributed by atoms with E-state index in [0.717, 1.165) is 16.8 Å². The average Bonchev–Trinajstić information content (AvgIpc) is 2.38. The lowest BCUT2D eigenvalue weighted by Crippen LogP contribution is -2.23. The van der Waals surface area contributed by atoms with Crippen molar-refractivity contribution in [3.05, 3.63) is 53.9 Å². The van der Waals surface area contributed by atoms with E-state index in [1.807, 2.05) is 64.2 Å². The van der Waals surface area contributed by atoms with E-state index in [0.29, 0.717) is 5.56 Å². The summed E-state index contributed by atoms with van der Waals surface area (Å²) in [5, 5.41) is 0. The molecule has 0 fully saturated rings. The number of carbonyl (C=O) groups excluding carboxylic acids is 1. The van der Waals surface area contributed by atoms with E-state index in [-0.39, 0.29) is 5.97 Å². The summed E-state index contributed by atoms with van der Waals surface area (Å²) in [7, 11) is 0. The molecule has 0 saturated carbocycles. The van der Waals surface area contributed by atoms with Gasteiger partial charge in [-0.15, -0.1) is 0 Å². The summed E-state index contributed by atoms with van der Waals surface area (Å²) in [5.74, 6) is -0.306. The SMILES string of the molecule is Cc1ccc(-c2cccc(C(=O)OC(C)(C)C)c2)cn1. The molecule has 0 unspecified atom stereocenters. The minimum Gasteiger partial charge on any atom is -0.456 e. The average molecular weight is 269 g/mol. The minimum absolute atomic E-state index is 0.306. The fourth-order valence-corrected chi connectivity index (χ4v) is 1.80. The Bertz CT molecular complexity index is 610. The van der Waals surface area contributed by atoms with E-state index in [4.69, 9.17) is 4.74 Å². The molecule has 0 N–H and O–H groups in total. The molecule has 0 aliphatic carbocycles. The topological polar surface area (TPSA) is 39.2 Å². The lowest BCUT2D eigenvalue weighted by Gasteiger charge is -2.19. The number of aryl methyl sites for hydroxylation is 1. The van der Waals surface area contributed by atoms with Crippen molar-refractivity contribution in [3.8, 4) is 11.1 Å². The quantitative estimate of drug-likeness (QED) is 0.773. The van der Waals surface area contributed by atoms with E-state index in [2.05, 4.69) is 4.98 Å². The number of rotatable bonds is 2. The Kier molecular flexibility index (Phi) is 3.89. The maximum Gasteiger partial charge on any atom is 0.338 e. The van der Waals surface area contributed by atoms with Crippen molar-refractivity contribution in [2.45, 2.75) is 33.3 Å². The molecule has 0 radical (unpaired) electrons. The Hall–Kier alpha value is -2.16. The lowest BCUT2D eigenvalue weighted by molar-refractivity contribution is 0.00696. The molecule has 3 nitrogen and oxygen atoms in total. The molecule has 0 saturated heterocycles. The van der Waals surface area contributed by atoms with Crippen LogP contribution in [0.15, 0.2) is 42.6 Å². The summed E-state index contributed by atoms with van der Waals surface area (Å²) in [5.41, 5.74) is 2.98. The maximum absolute atomic E-state index is 12.1. The van der Waals surface area contributed by atoms with Gasteiger partial charge in [-0.2, -0.15) is 0 Å². The fourth-order valence-electron chi connectivity index (χ4n) is 1.80. The van der Waals surface area contributed by atoms with Gasteiger partial charge in [-0.05, 0) is 51.5 Å². The molecule has 0 aliphatic rings. The summed E-state index contributed by atoms with van der Waals surface area (Å²) in [4.78, 5) is 16.3. The van der Waals surface area contributed by atoms with Crippen LogP contribution in [0.25, 0.3) is 11.1 Å². The highest BCUT2D eigenvalue weighted by molar-refractivity contribution is 5.91. The lowest BCUT2D eigenvalue weighted by atomic mass is 10.0. The molecule has 1 aromatic carbocycles. The second-order valence-electron chi connectivity index (χ2n) is 5.77. The number of aromatic nitrogens is 1. The molecule has 3 heteroatoms. The fraction of sp³-hybridized carbons (Fsp3) is 0.294. The maximum atomic E-state index is 12.1. The number of carbonyl (C=O) groups is 1. The summed E-state index contributed by atoms with van der Waals surface area (Å²) in [6.07, 6.45) is 1.81. The third kappa shape index (κ3) is 3.67. The van der Waals surface area contributed by atoms with Gasteiger partial charge in [-0.25, -0.2) is 4.79 Å². The summed E-state index contributed by atoms with van der Waals surface area (Å²) >= 11 is 0. The predicted octanol–water partition coefficient (Wildman–Crippen LogP) is 4.01. The van der Waals surface area contributed by atoms with Crippen LogP contribution in [-0.4, -0.2) is 16.6 Å². The number of hydrogen-bond acceptors (Lipinski definition) is 3. The van der Waals surface area contributed by atoms with Crippen molar-refractivity contribution < 1.29 is 9.53 Å². The number of nitrogens with zero attached hydrogens (tertiary/aromatic N) is 1. The van der Waals surface area contributed by atoms with E-state index >= 15 is 0 Å². The van der Waals surface area contributed by atoms with E-state index in [9.17, 15) is 4.79 Å². The highest BCUT2D eigenvalue weighted by atomic mass is 16.6. The standard InChI is InChI=1S/C17H19NO2/c1-12-8-9-15(11-18-12)13-6-5-7-14(10-13)16(19)20-17(2,3)4/h5-11H,1-4H3. The van der Waals surface area contributed by atoms with Crippen LogP contribution in [0.4, 0.5) is 0 Å². The Labute approximate surface area is 119 Å². The highest BCUT2D eigenvalue weighted by Gasteiger charge is 2.18. The van der Waals surface area contributed by atoms with Gasteiger partial charge in [-0.1, -0.05) is 18.2 Å². The second kappa shape index (κ2) is 5.45. The van der Waals surface area contributed by atoms with Gasteiger partial charge < -0.3 is 4.74 Å². The van der Waals surface area contributed by atoms with E-state index in [1.165, 1.54) is 0 Å². The van der Waals surface area contributed by atoms with Crippen molar-refractivity contribution in [2.75, 3.05) is 0 Å². The molecule has 0 bridgehead atoms. The van der Waals surface area contributed by atoms with Gasteiger partial charge in [-0.3, -0.25) is 4.98 Å². The Morgan fingerprint density at radius 1 is 1.10 bits per heavy atom. The Morgan fingerprint density at radius 2 is 1.85 bits per heavy atom. The summed E-state index contributed by atoms with van der Waals surface area (Å²) in [6, 6.07) is 11.4. The molecule has 104 valence electrons. The van der Waals surface area contributed by atoms with Gasteiger partial charge >= 0.3 is 5.97 Å². The van der Waals surface area contributed by atoms with Crippen LogP contribution in [0.1, 0.15) is 36.8 Å². The first-order chi connectivity index (χ1) is 9.35. The largest absolute Gasteiger partial charge is 0.456 e. The van der Waals surface area contributed by atoms with Crippen LogP contribution in [0.5, 0.6) is 0 Å². The van der Waals surface area contributed by atoms with Crippen LogP contribution >= 0.6 is 0 Å². The zero-order chi connectivity index (χ0) is 14.8. The molecular weight excluding hydrogens is 250 g/mol. The molecule has 1 heterocycles. The van der Waals surface area contributed by atoms with Gasteiger partial charge in [0.15, 0.2) is 0 Å². The van der Waals surface area contributed by atoms with Crippen molar-refractivity contribution in [2.24, 2.45) is 0 Å². The predicted molar refractivity (Wildman–Crippen MR) is 79.6 cm³/mol.